The largest absolute Gasteiger partial charge is 0.348 e. The third-order valence-electron chi connectivity index (χ3n) is 4.39. The molecular weight excluding hydrogens is 342 g/mol. The Hall–Kier alpha value is -3.88. The third-order valence-corrected chi connectivity index (χ3v) is 4.39. The second-order valence-electron chi connectivity index (χ2n) is 6.18. The normalized spacial score (nSPS) is 12.5. The van der Waals surface area contributed by atoms with Gasteiger partial charge in [0.25, 0.3) is 0 Å². The van der Waals surface area contributed by atoms with E-state index in [4.69, 9.17) is 0 Å². The molecule has 4 aromatic heterocycles. The summed E-state index contributed by atoms with van der Waals surface area (Å²) in [5.41, 5.74) is 4.08. The minimum Gasteiger partial charge on any atom is -0.348 e. The minimum atomic E-state index is 0.0114. The Labute approximate surface area is 153 Å². The van der Waals surface area contributed by atoms with Gasteiger partial charge >= 0.3 is 0 Å². The standard InChI is InChI=1S/C18H15N9/c1-11(13-8-21-22-9-13)23-18-20-10-16-17(24-18)27(26-25-16)14-4-5-15-12(7-14)3-2-6-19-15/h2-11H,1H3,(H,21,22)(H,20,23,24). The number of aromatic amines is 1. The van der Waals surface area contributed by atoms with Crippen LogP contribution in [0, 0.1) is 0 Å². The molecule has 5 aromatic rings. The molecule has 0 saturated heterocycles. The smallest absolute Gasteiger partial charge is 0.225 e. The van der Waals surface area contributed by atoms with E-state index in [-0.39, 0.29) is 6.04 Å². The van der Waals surface area contributed by atoms with Gasteiger partial charge in [0.2, 0.25) is 5.95 Å². The number of pyridine rings is 1. The highest BCUT2D eigenvalue weighted by Gasteiger charge is 2.13. The summed E-state index contributed by atoms with van der Waals surface area (Å²) in [5.74, 6) is 0.502. The topological polar surface area (TPSA) is 110 Å². The number of hydrogen-bond donors (Lipinski definition) is 2. The second kappa shape index (κ2) is 6.13. The molecule has 1 atom stereocenters. The maximum atomic E-state index is 4.61. The van der Waals surface area contributed by atoms with Crippen LogP contribution >= 0.6 is 0 Å². The number of fused-ring (bicyclic) bond motifs is 2. The van der Waals surface area contributed by atoms with Gasteiger partial charge in [0.15, 0.2) is 11.2 Å². The Morgan fingerprint density at radius 1 is 1.11 bits per heavy atom. The average Bonchev–Trinajstić information content (AvgIpc) is 3.37. The molecule has 0 amide bonds. The summed E-state index contributed by atoms with van der Waals surface area (Å²) >= 11 is 0. The Morgan fingerprint density at radius 2 is 2.07 bits per heavy atom. The molecule has 0 aliphatic carbocycles. The van der Waals surface area contributed by atoms with Crippen LogP contribution in [0.25, 0.3) is 27.8 Å². The van der Waals surface area contributed by atoms with E-state index in [0.29, 0.717) is 17.1 Å². The van der Waals surface area contributed by atoms with Crippen molar-refractivity contribution >= 4 is 28.0 Å². The van der Waals surface area contributed by atoms with Gasteiger partial charge in [-0.15, -0.1) is 5.10 Å². The third kappa shape index (κ3) is 2.74. The fraction of sp³-hybridized carbons (Fsp3) is 0.111. The molecule has 9 heteroatoms. The van der Waals surface area contributed by atoms with E-state index in [1.54, 1.807) is 23.3 Å². The summed E-state index contributed by atoms with van der Waals surface area (Å²) in [7, 11) is 0. The van der Waals surface area contributed by atoms with Gasteiger partial charge in [-0.3, -0.25) is 10.1 Å². The summed E-state index contributed by atoms with van der Waals surface area (Å²) in [4.78, 5) is 13.3. The van der Waals surface area contributed by atoms with Crippen molar-refractivity contribution in [3.8, 4) is 5.69 Å². The van der Waals surface area contributed by atoms with E-state index in [0.717, 1.165) is 22.2 Å². The van der Waals surface area contributed by atoms with Crippen LogP contribution < -0.4 is 5.32 Å². The maximum absolute atomic E-state index is 4.61. The van der Waals surface area contributed by atoms with Gasteiger partial charge in [-0.2, -0.15) is 14.8 Å². The Bertz CT molecular complexity index is 1230. The van der Waals surface area contributed by atoms with Gasteiger partial charge in [0.05, 0.1) is 29.6 Å². The molecule has 27 heavy (non-hydrogen) atoms. The number of H-pyrrole nitrogens is 1. The van der Waals surface area contributed by atoms with Gasteiger partial charge in [-0.1, -0.05) is 11.3 Å². The number of aromatic nitrogens is 8. The predicted octanol–water partition coefficient (Wildman–Crippen LogP) is 2.65. The molecule has 0 aliphatic heterocycles. The molecule has 2 N–H and O–H groups in total. The molecule has 1 aromatic carbocycles. The van der Waals surface area contributed by atoms with Gasteiger partial charge in [-0.25, -0.2) is 4.98 Å². The SMILES string of the molecule is CC(Nc1ncc2nnn(-c3ccc4ncccc4c3)c2n1)c1cn[nH]c1. The van der Waals surface area contributed by atoms with Crippen molar-refractivity contribution in [1.82, 2.24) is 40.1 Å². The minimum absolute atomic E-state index is 0.0114. The van der Waals surface area contributed by atoms with Gasteiger partial charge in [0.1, 0.15) is 0 Å². The van der Waals surface area contributed by atoms with E-state index in [2.05, 4.69) is 40.8 Å². The predicted molar refractivity (Wildman–Crippen MR) is 100 cm³/mol. The number of nitrogens with zero attached hydrogens (tertiary/aromatic N) is 7. The van der Waals surface area contributed by atoms with E-state index in [1.165, 1.54) is 0 Å². The number of anilines is 1. The molecule has 0 radical (unpaired) electrons. The van der Waals surface area contributed by atoms with E-state index >= 15 is 0 Å². The first-order valence-corrected chi connectivity index (χ1v) is 8.47. The lowest BCUT2D eigenvalue weighted by atomic mass is 10.2. The highest BCUT2D eigenvalue weighted by Crippen LogP contribution is 2.21. The van der Waals surface area contributed by atoms with Crippen LogP contribution in [-0.2, 0) is 0 Å². The molecule has 1 unspecified atom stereocenters. The molecule has 5 rings (SSSR count). The van der Waals surface area contributed by atoms with Gasteiger partial charge in [-0.05, 0) is 31.2 Å². The highest BCUT2D eigenvalue weighted by atomic mass is 15.4. The summed E-state index contributed by atoms with van der Waals surface area (Å²) in [6.07, 6.45) is 7.05. The monoisotopic (exact) mass is 357 g/mol. The zero-order chi connectivity index (χ0) is 18.2. The second-order valence-corrected chi connectivity index (χ2v) is 6.18. The first-order valence-electron chi connectivity index (χ1n) is 8.47. The van der Waals surface area contributed by atoms with Crippen molar-refractivity contribution in [1.29, 1.82) is 0 Å². The number of rotatable bonds is 4. The molecular formula is C18H15N9. The van der Waals surface area contributed by atoms with Crippen molar-refractivity contribution in [3.63, 3.8) is 0 Å². The number of nitrogens with one attached hydrogen (secondary N) is 2. The Kier molecular flexibility index (Phi) is 3.49. The molecule has 132 valence electrons. The fourth-order valence-corrected chi connectivity index (χ4v) is 2.94. The molecule has 0 saturated carbocycles. The Morgan fingerprint density at radius 3 is 2.96 bits per heavy atom. The van der Waals surface area contributed by atoms with Crippen molar-refractivity contribution in [2.24, 2.45) is 0 Å². The fourth-order valence-electron chi connectivity index (χ4n) is 2.94. The van der Waals surface area contributed by atoms with Gasteiger partial charge < -0.3 is 5.32 Å². The number of hydrogen-bond acceptors (Lipinski definition) is 7. The van der Waals surface area contributed by atoms with E-state index in [9.17, 15) is 0 Å². The zero-order valence-corrected chi connectivity index (χ0v) is 14.4. The lowest BCUT2D eigenvalue weighted by Crippen LogP contribution is -2.09. The van der Waals surface area contributed by atoms with Crippen molar-refractivity contribution in [3.05, 3.63) is 60.7 Å². The van der Waals surface area contributed by atoms with E-state index < -0.39 is 0 Å². The zero-order valence-electron chi connectivity index (χ0n) is 14.4. The Balaban J connectivity index is 1.54. The lowest BCUT2D eigenvalue weighted by molar-refractivity contribution is 0.816. The summed E-state index contributed by atoms with van der Waals surface area (Å²) in [6, 6.07) is 9.86. The highest BCUT2D eigenvalue weighted by molar-refractivity contribution is 5.81. The molecule has 4 heterocycles. The van der Waals surface area contributed by atoms with Crippen molar-refractivity contribution in [2.45, 2.75) is 13.0 Å². The summed E-state index contributed by atoms with van der Waals surface area (Å²) in [6.45, 7) is 2.02. The van der Waals surface area contributed by atoms with Crippen LogP contribution in [0.5, 0.6) is 0 Å². The van der Waals surface area contributed by atoms with Crippen LogP contribution in [0.15, 0.2) is 55.1 Å². The van der Waals surface area contributed by atoms with Crippen LogP contribution in [0.2, 0.25) is 0 Å². The average molecular weight is 357 g/mol. The van der Waals surface area contributed by atoms with Crippen molar-refractivity contribution in [2.75, 3.05) is 5.32 Å². The maximum Gasteiger partial charge on any atom is 0.225 e. The first-order chi connectivity index (χ1) is 13.3. The van der Waals surface area contributed by atoms with E-state index in [1.807, 2.05) is 43.5 Å². The molecule has 0 aliphatic rings. The number of benzene rings is 1. The molecule has 9 nitrogen and oxygen atoms in total. The van der Waals surface area contributed by atoms with Crippen LogP contribution in [0.3, 0.4) is 0 Å². The van der Waals surface area contributed by atoms with Crippen LogP contribution in [0.1, 0.15) is 18.5 Å². The first kappa shape index (κ1) is 15.4. The quantitative estimate of drug-likeness (QED) is 0.509. The lowest BCUT2D eigenvalue weighted by Gasteiger charge is -2.11. The molecule has 0 fully saturated rings. The van der Waals surface area contributed by atoms with Crippen LogP contribution in [0.4, 0.5) is 5.95 Å². The summed E-state index contributed by atoms with van der Waals surface area (Å²) in [5, 5.41) is 19.5. The van der Waals surface area contributed by atoms with Crippen molar-refractivity contribution < 1.29 is 0 Å². The van der Waals surface area contributed by atoms with Crippen LogP contribution in [-0.4, -0.2) is 40.1 Å². The molecule has 0 bridgehead atoms. The van der Waals surface area contributed by atoms with Gasteiger partial charge in [0, 0.05) is 23.3 Å². The molecule has 0 spiro atoms. The summed E-state index contributed by atoms with van der Waals surface area (Å²) < 4.78 is 1.71.